The second-order valence-electron chi connectivity index (χ2n) is 11.6. The SMILES string of the molecule is CC(C)(C)OC(=O)C[C@@H](Cc1cc(F)cc(F)c1)c1nc(C#CC2(O)CC(F)(F)C2)ccc1-c1ccc(F)c(C(N)=O)c1. The van der Waals surface area contributed by atoms with Crippen LogP contribution < -0.4 is 5.73 Å². The fourth-order valence-electron chi connectivity index (χ4n) is 4.92. The third-order valence-electron chi connectivity index (χ3n) is 6.62. The number of halogens is 5. The van der Waals surface area contributed by atoms with Gasteiger partial charge >= 0.3 is 5.97 Å². The largest absolute Gasteiger partial charge is 0.460 e. The molecule has 1 saturated carbocycles. The molecule has 0 bridgehead atoms. The van der Waals surface area contributed by atoms with Gasteiger partial charge in [0, 0.05) is 17.5 Å². The molecule has 1 amide bonds. The summed E-state index contributed by atoms with van der Waals surface area (Å²) in [6, 6.07) is 9.43. The molecule has 1 heterocycles. The topological polar surface area (TPSA) is 103 Å². The number of esters is 1. The van der Waals surface area contributed by atoms with Crippen LogP contribution in [-0.4, -0.2) is 39.1 Å². The quantitative estimate of drug-likeness (QED) is 0.202. The lowest BCUT2D eigenvalue weighted by atomic mass is 9.77. The number of carbonyl (C=O) groups is 2. The first-order valence-corrected chi connectivity index (χ1v) is 13.3. The number of carbonyl (C=O) groups excluding carboxylic acids is 2. The first kappa shape index (κ1) is 31.6. The van der Waals surface area contributed by atoms with Gasteiger partial charge in [-0.05, 0) is 80.6 Å². The predicted molar refractivity (Wildman–Crippen MR) is 147 cm³/mol. The van der Waals surface area contributed by atoms with Crippen molar-refractivity contribution in [3.8, 4) is 23.0 Å². The van der Waals surface area contributed by atoms with Gasteiger partial charge in [-0.3, -0.25) is 9.59 Å². The third kappa shape index (κ3) is 8.17. The number of nitrogens with zero attached hydrogens (tertiary/aromatic N) is 1. The zero-order valence-electron chi connectivity index (χ0n) is 23.6. The van der Waals surface area contributed by atoms with Crippen LogP contribution in [0.3, 0.4) is 0 Å². The maximum Gasteiger partial charge on any atom is 0.306 e. The second kappa shape index (κ2) is 11.8. The summed E-state index contributed by atoms with van der Waals surface area (Å²) in [6.45, 7) is 5.00. The van der Waals surface area contributed by atoms with Crippen molar-refractivity contribution in [2.24, 2.45) is 5.73 Å². The number of ether oxygens (including phenoxy) is 1. The number of aliphatic hydroxyl groups is 1. The average Bonchev–Trinajstić information content (AvgIpc) is 2.84. The Kier molecular flexibility index (Phi) is 8.65. The van der Waals surface area contributed by atoms with E-state index in [-0.39, 0.29) is 35.4 Å². The van der Waals surface area contributed by atoms with Crippen LogP contribution in [0.15, 0.2) is 48.5 Å². The van der Waals surface area contributed by atoms with E-state index in [1.54, 1.807) is 20.8 Å². The van der Waals surface area contributed by atoms with Crippen molar-refractivity contribution in [3.63, 3.8) is 0 Å². The Bertz CT molecular complexity index is 1610. The molecule has 0 saturated heterocycles. The molecule has 3 aromatic rings. The molecule has 6 nitrogen and oxygen atoms in total. The highest BCUT2D eigenvalue weighted by atomic mass is 19.3. The minimum Gasteiger partial charge on any atom is -0.460 e. The number of alkyl halides is 2. The van der Waals surface area contributed by atoms with E-state index in [9.17, 15) is 36.6 Å². The Balaban J connectivity index is 1.86. The molecule has 1 aliphatic rings. The zero-order chi connectivity index (χ0) is 31.7. The zero-order valence-corrected chi connectivity index (χ0v) is 23.6. The molecule has 1 aromatic heterocycles. The number of amides is 1. The number of aromatic nitrogens is 1. The van der Waals surface area contributed by atoms with E-state index in [2.05, 4.69) is 16.8 Å². The maximum atomic E-state index is 14.3. The molecular formula is C32H29F5N2O4. The van der Waals surface area contributed by atoms with Crippen LogP contribution in [0, 0.1) is 29.3 Å². The number of hydrogen-bond acceptors (Lipinski definition) is 5. The molecule has 2 aromatic carbocycles. The standard InChI is InChI=1S/C32H29F5N2O4/c1-30(2,3)43-27(40)14-20(10-18-11-21(33)15-22(34)12-18)28-24(19-4-7-26(35)25(13-19)29(38)41)6-5-23(39-28)8-9-31(42)16-32(36,37)17-31/h4-7,11-13,15,20,42H,10,14,16-17H2,1-3H3,(H2,38,41)/t20-/m1/s1. The number of benzene rings is 2. The van der Waals surface area contributed by atoms with Gasteiger partial charge in [0.25, 0.3) is 11.8 Å². The average molecular weight is 601 g/mol. The van der Waals surface area contributed by atoms with Gasteiger partial charge in [0.05, 0.1) is 30.5 Å². The summed E-state index contributed by atoms with van der Waals surface area (Å²) in [6.07, 6.45) is -2.09. The monoisotopic (exact) mass is 600 g/mol. The van der Waals surface area contributed by atoms with Crippen molar-refractivity contribution in [2.75, 3.05) is 0 Å². The van der Waals surface area contributed by atoms with E-state index < -0.39 is 70.8 Å². The summed E-state index contributed by atoms with van der Waals surface area (Å²) in [5, 5.41) is 10.3. The third-order valence-corrected chi connectivity index (χ3v) is 6.62. The maximum absolute atomic E-state index is 14.3. The Morgan fingerprint density at radius 3 is 2.28 bits per heavy atom. The smallest absolute Gasteiger partial charge is 0.306 e. The number of nitrogens with two attached hydrogens (primary N) is 1. The Labute approximate surface area is 245 Å². The van der Waals surface area contributed by atoms with E-state index in [1.165, 1.54) is 24.3 Å². The van der Waals surface area contributed by atoms with Crippen LogP contribution in [0.1, 0.15) is 73.3 Å². The number of hydrogen-bond donors (Lipinski definition) is 2. The van der Waals surface area contributed by atoms with Crippen molar-refractivity contribution >= 4 is 11.9 Å². The fourth-order valence-corrected chi connectivity index (χ4v) is 4.92. The first-order valence-electron chi connectivity index (χ1n) is 13.3. The lowest BCUT2D eigenvalue weighted by Crippen LogP contribution is -2.50. The van der Waals surface area contributed by atoms with E-state index in [4.69, 9.17) is 10.5 Å². The molecule has 0 unspecified atom stereocenters. The van der Waals surface area contributed by atoms with Crippen molar-refractivity contribution in [2.45, 2.75) is 69.5 Å². The fraction of sp³-hybridized carbons (Fsp3) is 0.344. The highest BCUT2D eigenvalue weighted by Crippen LogP contribution is 2.45. The van der Waals surface area contributed by atoms with Gasteiger partial charge < -0.3 is 15.6 Å². The number of rotatable bonds is 7. The summed E-state index contributed by atoms with van der Waals surface area (Å²) in [4.78, 5) is 29.4. The molecule has 226 valence electrons. The van der Waals surface area contributed by atoms with Gasteiger partial charge in [0.1, 0.15) is 34.3 Å². The summed E-state index contributed by atoms with van der Waals surface area (Å²) in [5.74, 6) is -3.13. The van der Waals surface area contributed by atoms with Crippen molar-refractivity contribution < 1.29 is 41.4 Å². The highest BCUT2D eigenvalue weighted by molar-refractivity contribution is 5.94. The predicted octanol–water partition coefficient (Wildman–Crippen LogP) is 5.83. The van der Waals surface area contributed by atoms with Gasteiger partial charge in [-0.25, -0.2) is 26.9 Å². The molecule has 0 spiro atoms. The minimum atomic E-state index is -3.04. The Hall–Kier alpha value is -4.30. The van der Waals surface area contributed by atoms with Gasteiger partial charge in [0.2, 0.25) is 0 Å². The molecule has 4 rings (SSSR count). The van der Waals surface area contributed by atoms with E-state index in [0.717, 1.165) is 18.2 Å². The van der Waals surface area contributed by atoms with Crippen LogP contribution in [0.2, 0.25) is 0 Å². The number of pyridine rings is 1. The van der Waals surface area contributed by atoms with Gasteiger partial charge in [-0.1, -0.05) is 12.0 Å². The molecule has 0 radical (unpaired) electrons. The summed E-state index contributed by atoms with van der Waals surface area (Å²) in [5.41, 5.74) is 3.16. The van der Waals surface area contributed by atoms with Crippen LogP contribution >= 0.6 is 0 Å². The van der Waals surface area contributed by atoms with Crippen molar-refractivity contribution in [3.05, 3.63) is 88.5 Å². The molecule has 0 aliphatic heterocycles. The summed E-state index contributed by atoms with van der Waals surface area (Å²) in [7, 11) is 0. The van der Waals surface area contributed by atoms with Crippen LogP contribution in [0.4, 0.5) is 22.0 Å². The second-order valence-corrected chi connectivity index (χ2v) is 11.6. The van der Waals surface area contributed by atoms with Crippen LogP contribution in [0.25, 0.3) is 11.1 Å². The van der Waals surface area contributed by atoms with Crippen molar-refractivity contribution in [1.29, 1.82) is 0 Å². The van der Waals surface area contributed by atoms with Crippen LogP contribution in [-0.2, 0) is 16.0 Å². The van der Waals surface area contributed by atoms with Gasteiger partial charge in [-0.15, -0.1) is 0 Å². The van der Waals surface area contributed by atoms with E-state index in [1.807, 2.05) is 0 Å². The summed E-state index contributed by atoms with van der Waals surface area (Å²) < 4.78 is 74.8. The summed E-state index contributed by atoms with van der Waals surface area (Å²) >= 11 is 0. The lowest BCUT2D eigenvalue weighted by molar-refractivity contribution is -0.176. The first-order chi connectivity index (χ1) is 19.9. The number of primary amides is 1. The minimum absolute atomic E-state index is 0.0410. The lowest BCUT2D eigenvalue weighted by Gasteiger charge is -2.39. The molecular weight excluding hydrogens is 571 g/mol. The Morgan fingerprint density at radius 1 is 1.05 bits per heavy atom. The Morgan fingerprint density at radius 2 is 1.70 bits per heavy atom. The van der Waals surface area contributed by atoms with Crippen molar-refractivity contribution in [1.82, 2.24) is 4.98 Å². The van der Waals surface area contributed by atoms with Gasteiger partial charge in [-0.2, -0.15) is 0 Å². The molecule has 11 heteroatoms. The van der Waals surface area contributed by atoms with Crippen LogP contribution in [0.5, 0.6) is 0 Å². The van der Waals surface area contributed by atoms with Gasteiger partial charge in [0.15, 0.2) is 0 Å². The normalized spacial score (nSPS) is 15.9. The molecule has 1 atom stereocenters. The molecule has 3 N–H and O–H groups in total. The molecule has 1 fully saturated rings. The van der Waals surface area contributed by atoms with E-state index >= 15 is 0 Å². The molecule has 1 aliphatic carbocycles. The molecule has 43 heavy (non-hydrogen) atoms. The van der Waals surface area contributed by atoms with E-state index in [0.29, 0.717) is 11.6 Å². The highest BCUT2D eigenvalue weighted by Gasteiger charge is 2.55.